The summed E-state index contributed by atoms with van der Waals surface area (Å²) in [6.45, 7) is 2.77. The van der Waals surface area contributed by atoms with Crippen molar-refractivity contribution in [2.24, 2.45) is 0 Å². The maximum absolute atomic E-state index is 10.3. The molecule has 100 valence electrons. The zero-order valence-corrected chi connectivity index (χ0v) is 11.6. The van der Waals surface area contributed by atoms with Gasteiger partial charge >= 0.3 is 0 Å². The lowest BCUT2D eigenvalue weighted by atomic mass is 10.0. The van der Waals surface area contributed by atoms with E-state index in [1.54, 1.807) is 12.1 Å². The van der Waals surface area contributed by atoms with Crippen LogP contribution in [0.1, 0.15) is 30.6 Å². The van der Waals surface area contributed by atoms with Gasteiger partial charge in [0.25, 0.3) is 0 Å². The molecular weight excluding hydrogens is 260 g/mol. The standard InChI is InChI=1S/C16H17ClO2/c1-2-10-19-15-8-6-12(7-9-15)16(18)13-4-3-5-14(17)11-13/h3-9,11,16,18H,2,10H2,1H3. The Morgan fingerprint density at radius 2 is 1.84 bits per heavy atom. The normalized spacial score (nSPS) is 12.2. The molecule has 0 fully saturated rings. The number of benzene rings is 2. The molecule has 2 nitrogen and oxygen atoms in total. The van der Waals surface area contributed by atoms with E-state index in [1.165, 1.54) is 0 Å². The number of aliphatic hydroxyl groups excluding tert-OH is 1. The third kappa shape index (κ3) is 3.72. The number of ether oxygens (including phenoxy) is 1. The maximum atomic E-state index is 10.3. The van der Waals surface area contributed by atoms with Crippen molar-refractivity contribution in [2.45, 2.75) is 19.4 Å². The Bertz CT molecular complexity index is 523. The van der Waals surface area contributed by atoms with Crippen LogP contribution in [0, 0.1) is 0 Å². The Kier molecular flexibility index (Phi) is 4.83. The van der Waals surface area contributed by atoms with E-state index in [0.717, 1.165) is 23.3 Å². The van der Waals surface area contributed by atoms with E-state index in [1.807, 2.05) is 36.4 Å². The van der Waals surface area contributed by atoms with E-state index in [0.29, 0.717) is 11.6 Å². The second-order valence-electron chi connectivity index (χ2n) is 4.38. The minimum absolute atomic E-state index is 0.624. The lowest BCUT2D eigenvalue weighted by molar-refractivity contribution is 0.220. The summed E-state index contributed by atoms with van der Waals surface area (Å²) in [6, 6.07) is 14.7. The van der Waals surface area contributed by atoms with E-state index in [9.17, 15) is 5.11 Å². The molecule has 0 aliphatic rings. The quantitative estimate of drug-likeness (QED) is 0.886. The Morgan fingerprint density at radius 3 is 2.47 bits per heavy atom. The maximum Gasteiger partial charge on any atom is 0.119 e. The van der Waals surface area contributed by atoms with Crippen LogP contribution in [-0.2, 0) is 0 Å². The molecule has 0 aromatic heterocycles. The zero-order chi connectivity index (χ0) is 13.7. The van der Waals surface area contributed by atoms with E-state index >= 15 is 0 Å². The van der Waals surface area contributed by atoms with Gasteiger partial charge in [-0.3, -0.25) is 0 Å². The zero-order valence-electron chi connectivity index (χ0n) is 10.8. The van der Waals surface area contributed by atoms with Gasteiger partial charge in [-0.05, 0) is 41.8 Å². The van der Waals surface area contributed by atoms with Crippen molar-refractivity contribution in [3.63, 3.8) is 0 Å². The lowest BCUT2D eigenvalue weighted by Crippen LogP contribution is -2.00. The van der Waals surface area contributed by atoms with Gasteiger partial charge in [-0.1, -0.05) is 42.8 Å². The molecular formula is C16H17ClO2. The minimum atomic E-state index is -0.668. The fraction of sp³-hybridized carbons (Fsp3) is 0.250. The first kappa shape index (κ1) is 13.9. The average molecular weight is 277 g/mol. The molecule has 1 atom stereocenters. The van der Waals surface area contributed by atoms with E-state index in [2.05, 4.69) is 6.92 Å². The summed E-state index contributed by atoms with van der Waals surface area (Å²) >= 11 is 5.93. The fourth-order valence-corrected chi connectivity index (χ4v) is 2.03. The first-order chi connectivity index (χ1) is 9.20. The Morgan fingerprint density at radius 1 is 1.11 bits per heavy atom. The van der Waals surface area contributed by atoms with Crippen molar-refractivity contribution in [3.8, 4) is 5.75 Å². The molecule has 1 unspecified atom stereocenters. The highest BCUT2D eigenvalue weighted by atomic mass is 35.5. The van der Waals surface area contributed by atoms with Gasteiger partial charge in [0, 0.05) is 5.02 Å². The van der Waals surface area contributed by atoms with Gasteiger partial charge < -0.3 is 9.84 Å². The molecule has 3 heteroatoms. The van der Waals surface area contributed by atoms with Crippen LogP contribution in [0.25, 0.3) is 0 Å². The second-order valence-corrected chi connectivity index (χ2v) is 4.81. The predicted octanol–water partition coefficient (Wildman–Crippen LogP) is 4.21. The van der Waals surface area contributed by atoms with Gasteiger partial charge in [0.2, 0.25) is 0 Å². The molecule has 0 saturated carbocycles. The number of hydrogen-bond acceptors (Lipinski definition) is 2. The molecule has 0 bridgehead atoms. The van der Waals surface area contributed by atoms with Crippen LogP contribution < -0.4 is 4.74 Å². The molecule has 0 saturated heterocycles. The second kappa shape index (κ2) is 6.60. The van der Waals surface area contributed by atoms with Crippen LogP contribution in [0.2, 0.25) is 5.02 Å². The van der Waals surface area contributed by atoms with Crippen molar-refractivity contribution in [1.29, 1.82) is 0 Å². The molecule has 0 spiro atoms. The van der Waals surface area contributed by atoms with Crippen LogP contribution in [0.5, 0.6) is 5.75 Å². The molecule has 2 aromatic rings. The molecule has 1 N–H and O–H groups in total. The summed E-state index contributed by atoms with van der Waals surface area (Å²) < 4.78 is 5.51. The highest BCUT2D eigenvalue weighted by Gasteiger charge is 2.10. The molecule has 0 aliphatic carbocycles. The minimum Gasteiger partial charge on any atom is -0.494 e. The van der Waals surface area contributed by atoms with Crippen molar-refractivity contribution in [3.05, 3.63) is 64.7 Å². The van der Waals surface area contributed by atoms with Crippen molar-refractivity contribution >= 4 is 11.6 Å². The van der Waals surface area contributed by atoms with Crippen molar-refractivity contribution < 1.29 is 9.84 Å². The highest BCUT2D eigenvalue weighted by molar-refractivity contribution is 6.30. The summed E-state index contributed by atoms with van der Waals surface area (Å²) in [4.78, 5) is 0. The van der Waals surface area contributed by atoms with Crippen molar-refractivity contribution in [2.75, 3.05) is 6.61 Å². The summed E-state index contributed by atoms with van der Waals surface area (Å²) in [5, 5.41) is 10.9. The number of halogens is 1. The topological polar surface area (TPSA) is 29.5 Å². The van der Waals surface area contributed by atoms with Crippen LogP contribution in [0.15, 0.2) is 48.5 Å². The SMILES string of the molecule is CCCOc1ccc(C(O)c2cccc(Cl)c2)cc1. The Balaban J connectivity index is 2.13. The van der Waals surface area contributed by atoms with Gasteiger partial charge in [0.1, 0.15) is 11.9 Å². The monoisotopic (exact) mass is 276 g/mol. The highest BCUT2D eigenvalue weighted by Crippen LogP contribution is 2.25. The number of rotatable bonds is 5. The van der Waals surface area contributed by atoms with Gasteiger partial charge in [-0.2, -0.15) is 0 Å². The predicted molar refractivity (Wildman–Crippen MR) is 77.7 cm³/mol. The molecule has 0 amide bonds. The van der Waals surface area contributed by atoms with Crippen LogP contribution >= 0.6 is 11.6 Å². The number of hydrogen-bond donors (Lipinski definition) is 1. The first-order valence-corrected chi connectivity index (χ1v) is 6.75. The summed E-state index contributed by atoms with van der Waals surface area (Å²) in [5.41, 5.74) is 1.61. The van der Waals surface area contributed by atoms with Crippen molar-refractivity contribution in [1.82, 2.24) is 0 Å². The van der Waals surface area contributed by atoms with Crippen LogP contribution in [0.4, 0.5) is 0 Å². The van der Waals surface area contributed by atoms with Crippen LogP contribution in [0.3, 0.4) is 0 Å². The largest absolute Gasteiger partial charge is 0.494 e. The van der Waals surface area contributed by atoms with Gasteiger partial charge in [-0.15, -0.1) is 0 Å². The summed E-state index contributed by atoms with van der Waals surface area (Å²) in [6.07, 6.45) is 0.311. The van der Waals surface area contributed by atoms with Crippen LogP contribution in [-0.4, -0.2) is 11.7 Å². The third-order valence-electron chi connectivity index (χ3n) is 2.83. The smallest absolute Gasteiger partial charge is 0.119 e. The van der Waals surface area contributed by atoms with E-state index in [4.69, 9.17) is 16.3 Å². The van der Waals surface area contributed by atoms with E-state index in [-0.39, 0.29) is 0 Å². The first-order valence-electron chi connectivity index (χ1n) is 6.37. The fourth-order valence-electron chi connectivity index (χ4n) is 1.84. The lowest BCUT2D eigenvalue weighted by Gasteiger charge is -2.12. The number of aliphatic hydroxyl groups is 1. The average Bonchev–Trinajstić information content (AvgIpc) is 2.45. The molecule has 0 radical (unpaired) electrons. The Labute approximate surface area is 118 Å². The Hall–Kier alpha value is -1.51. The van der Waals surface area contributed by atoms with Gasteiger partial charge in [0.15, 0.2) is 0 Å². The molecule has 19 heavy (non-hydrogen) atoms. The van der Waals surface area contributed by atoms with E-state index < -0.39 is 6.10 Å². The molecule has 2 aromatic carbocycles. The molecule has 2 rings (SSSR count). The molecule has 0 heterocycles. The molecule has 0 aliphatic heterocycles. The summed E-state index contributed by atoms with van der Waals surface area (Å²) in [7, 11) is 0. The summed E-state index contributed by atoms with van der Waals surface area (Å²) in [5.74, 6) is 0.823. The van der Waals surface area contributed by atoms with Gasteiger partial charge in [-0.25, -0.2) is 0 Å². The third-order valence-corrected chi connectivity index (χ3v) is 3.07. The van der Waals surface area contributed by atoms with Gasteiger partial charge in [0.05, 0.1) is 6.61 Å².